The maximum atomic E-state index is 13.2. The first-order valence-electron chi connectivity index (χ1n) is 12.1. The van der Waals surface area contributed by atoms with Crippen molar-refractivity contribution in [1.29, 1.82) is 0 Å². The van der Waals surface area contributed by atoms with Gasteiger partial charge in [-0.3, -0.25) is 9.69 Å². The Morgan fingerprint density at radius 3 is 2.73 bits per heavy atom. The number of carbonyl (C=O) groups excluding carboxylic acids is 1. The highest BCUT2D eigenvalue weighted by molar-refractivity contribution is 7.12. The summed E-state index contributed by atoms with van der Waals surface area (Å²) in [4.78, 5) is 26.1. The monoisotopic (exact) mass is 494 g/mol. The molecule has 2 aromatic rings. The summed E-state index contributed by atoms with van der Waals surface area (Å²) in [7, 11) is 0. The van der Waals surface area contributed by atoms with Gasteiger partial charge in [-0.25, -0.2) is 18.7 Å². The third-order valence-corrected chi connectivity index (χ3v) is 9.56. The summed E-state index contributed by atoms with van der Waals surface area (Å²) >= 11 is 3.26. The lowest BCUT2D eigenvalue weighted by Crippen LogP contribution is -2.39. The van der Waals surface area contributed by atoms with E-state index in [-0.39, 0.29) is 24.7 Å². The first-order valence-corrected chi connectivity index (χ1v) is 13.8. The molecule has 33 heavy (non-hydrogen) atoms. The van der Waals surface area contributed by atoms with Crippen molar-refractivity contribution in [2.45, 2.75) is 89.1 Å². The molecule has 180 valence electrons. The van der Waals surface area contributed by atoms with Crippen LogP contribution in [0.5, 0.6) is 0 Å². The third kappa shape index (κ3) is 5.80. The molecular formula is C24H32F2N4OS2. The van der Waals surface area contributed by atoms with Gasteiger partial charge in [0.1, 0.15) is 0 Å². The molecule has 2 saturated carbocycles. The Kier molecular flexibility index (Phi) is 6.82. The summed E-state index contributed by atoms with van der Waals surface area (Å²) < 4.78 is 26.4. The van der Waals surface area contributed by atoms with Crippen LogP contribution in [0, 0.1) is 12.8 Å². The molecular weight excluding hydrogens is 462 g/mol. The van der Waals surface area contributed by atoms with E-state index in [0.717, 1.165) is 59.5 Å². The minimum Gasteiger partial charge on any atom is -0.353 e. The number of carbonyl (C=O) groups is 1. The van der Waals surface area contributed by atoms with E-state index in [1.54, 1.807) is 28.9 Å². The van der Waals surface area contributed by atoms with Crippen molar-refractivity contribution >= 4 is 28.6 Å². The topological polar surface area (TPSA) is 58.1 Å². The molecule has 0 radical (unpaired) electrons. The molecule has 3 aliphatic rings. The minimum absolute atomic E-state index is 0.0306. The molecule has 5 nitrogen and oxygen atoms in total. The Morgan fingerprint density at radius 1 is 1.24 bits per heavy atom. The van der Waals surface area contributed by atoms with Gasteiger partial charge in [0.25, 0.3) is 0 Å². The lowest BCUT2D eigenvalue weighted by Gasteiger charge is -2.33. The molecule has 0 bridgehead atoms. The Morgan fingerprint density at radius 2 is 2.03 bits per heavy atom. The highest BCUT2D eigenvalue weighted by Crippen LogP contribution is 2.49. The molecule has 9 heteroatoms. The van der Waals surface area contributed by atoms with Crippen LogP contribution in [0.1, 0.15) is 76.3 Å². The van der Waals surface area contributed by atoms with Crippen LogP contribution in [0.15, 0.2) is 6.20 Å². The number of thiazole rings is 2. The number of amides is 1. The van der Waals surface area contributed by atoms with E-state index < -0.39 is 5.92 Å². The van der Waals surface area contributed by atoms with Crippen LogP contribution in [0.4, 0.5) is 8.78 Å². The van der Waals surface area contributed by atoms with Crippen molar-refractivity contribution in [3.63, 3.8) is 0 Å². The number of rotatable bonds is 7. The van der Waals surface area contributed by atoms with E-state index in [1.807, 2.05) is 6.92 Å². The molecule has 1 aliphatic heterocycles. The maximum Gasteiger partial charge on any atom is 0.249 e. The van der Waals surface area contributed by atoms with Gasteiger partial charge in [0.05, 0.1) is 22.1 Å². The maximum absolute atomic E-state index is 13.2. The van der Waals surface area contributed by atoms with Crippen LogP contribution in [0.2, 0.25) is 0 Å². The number of hydrogen-bond acceptors (Lipinski definition) is 6. The van der Waals surface area contributed by atoms with E-state index in [2.05, 4.69) is 15.2 Å². The van der Waals surface area contributed by atoms with E-state index in [4.69, 9.17) is 4.98 Å². The minimum atomic E-state index is -2.48. The fourth-order valence-corrected chi connectivity index (χ4v) is 7.32. The van der Waals surface area contributed by atoms with Gasteiger partial charge in [0.2, 0.25) is 11.8 Å². The molecule has 1 N–H and O–H groups in total. The average molecular weight is 495 g/mol. The van der Waals surface area contributed by atoms with E-state index in [0.29, 0.717) is 18.4 Å². The van der Waals surface area contributed by atoms with Gasteiger partial charge >= 0.3 is 0 Å². The quantitative estimate of drug-likeness (QED) is 0.583. The number of nitrogens with zero attached hydrogens (tertiary/aromatic N) is 3. The van der Waals surface area contributed by atoms with Crippen molar-refractivity contribution in [2.24, 2.45) is 5.92 Å². The van der Waals surface area contributed by atoms with Crippen molar-refractivity contribution in [3.8, 4) is 0 Å². The van der Waals surface area contributed by atoms with Gasteiger partial charge in [-0.05, 0) is 57.9 Å². The molecule has 0 spiro atoms. The Hall–Kier alpha value is -1.45. The molecule has 2 aromatic heterocycles. The largest absolute Gasteiger partial charge is 0.353 e. The summed E-state index contributed by atoms with van der Waals surface area (Å²) in [6, 6.07) is 0.299. The lowest BCUT2D eigenvalue weighted by molar-refractivity contribution is -0.121. The number of hydrogen-bond donors (Lipinski definition) is 1. The Labute approximate surface area is 202 Å². The van der Waals surface area contributed by atoms with Gasteiger partial charge < -0.3 is 5.32 Å². The number of aromatic nitrogens is 2. The van der Waals surface area contributed by atoms with Gasteiger partial charge in [-0.2, -0.15) is 0 Å². The predicted octanol–water partition coefficient (Wildman–Crippen LogP) is 5.09. The van der Waals surface area contributed by atoms with Crippen molar-refractivity contribution in [3.05, 3.63) is 31.7 Å². The molecule has 0 unspecified atom stereocenters. The molecule has 0 saturated heterocycles. The zero-order chi connectivity index (χ0) is 23.0. The van der Waals surface area contributed by atoms with Crippen LogP contribution >= 0.6 is 22.7 Å². The van der Waals surface area contributed by atoms with Gasteiger partial charge in [0.15, 0.2) is 0 Å². The third-order valence-electron chi connectivity index (χ3n) is 7.33. The fraction of sp³-hybridized carbons (Fsp3) is 0.708. The number of alkyl halides is 2. The van der Waals surface area contributed by atoms with Crippen molar-refractivity contribution in [1.82, 2.24) is 20.2 Å². The van der Waals surface area contributed by atoms with Crippen LogP contribution in [0.3, 0.4) is 0 Å². The summed E-state index contributed by atoms with van der Waals surface area (Å²) in [5.41, 5.74) is 1.12. The van der Waals surface area contributed by atoms with Crippen LogP contribution in [-0.4, -0.2) is 45.8 Å². The number of aryl methyl sites for hydroxylation is 1. The molecule has 5 rings (SSSR count). The summed E-state index contributed by atoms with van der Waals surface area (Å²) in [5, 5.41) is 5.15. The molecule has 0 aromatic carbocycles. The molecule has 2 fully saturated rings. The van der Waals surface area contributed by atoms with Gasteiger partial charge in [-0.15, -0.1) is 22.7 Å². The standard InChI is InChI=1S/C24H32F2N4OS2/c1-15-27-13-19(32-15)10-22(31)28-18-4-2-16(3-5-18)6-8-30-9-7-21-20(14-30)29-23(33-21)17-11-24(25,26)12-17/h13,16-18H,2-12,14H2,1H3,(H,28,31)/t16-,18-. The van der Waals surface area contributed by atoms with Crippen LogP contribution in [-0.2, 0) is 24.2 Å². The first kappa shape index (κ1) is 23.3. The lowest BCUT2D eigenvalue weighted by atomic mass is 9.82. The highest BCUT2D eigenvalue weighted by atomic mass is 32.1. The highest BCUT2D eigenvalue weighted by Gasteiger charge is 2.47. The first-order chi connectivity index (χ1) is 15.8. The molecule has 2 aliphatic carbocycles. The Bertz CT molecular complexity index is 975. The zero-order valence-electron chi connectivity index (χ0n) is 19.1. The average Bonchev–Trinajstić information content (AvgIpc) is 3.36. The predicted molar refractivity (Wildman–Crippen MR) is 127 cm³/mol. The second-order valence-electron chi connectivity index (χ2n) is 10.0. The van der Waals surface area contributed by atoms with Crippen LogP contribution < -0.4 is 5.32 Å². The summed E-state index contributed by atoms with van der Waals surface area (Å²) in [6.45, 7) is 4.93. The normalized spacial score (nSPS) is 25.4. The number of halogens is 2. The number of nitrogens with one attached hydrogen (secondary N) is 1. The van der Waals surface area contributed by atoms with Crippen molar-refractivity contribution < 1.29 is 13.6 Å². The van der Waals surface area contributed by atoms with E-state index in [9.17, 15) is 13.6 Å². The summed E-state index contributed by atoms with van der Waals surface area (Å²) in [5.74, 6) is -1.69. The van der Waals surface area contributed by atoms with E-state index in [1.165, 1.54) is 24.1 Å². The Balaban J connectivity index is 1.02. The van der Waals surface area contributed by atoms with Gasteiger partial charge in [0, 0.05) is 53.8 Å². The zero-order valence-corrected chi connectivity index (χ0v) is 20.7. The SMILES string of the molecule is Cc1ncc(CC(=O)N[C@H]2CC[C@H](CCN3CCc4sc(C5CC(F)(F)C5)nc4C3)CC2)s1. The van der Waals surface area contributed by atoms with Crippen LogP contribution in [0.25, 0.3) is 0 Å². The number of fused-ring (bicyclic) bond motifs is 1. The molecule has 1 amide bonds. The second kappa shape index (κ2) is 9.66. The molecule has 3 heterocycles. The molecule has 0 atom stereocenters. The van der Waals surface area contributed by atoms with Crippen molar-refractivity contribution in [2.75, 3.05) is 13.1 Å². The van der Waals surface area contributed by atoms with E-state index >= 15 is 0 Å². The summed E-state index contributed by atoms with van der Waals surface area (Å²) in [6.07, 6.45) is 8.81. The second-order valence-corrected chi connectivity index (χ2v) is 12.4. The van der Waals surface area contributed by atoms with Gasteiger partial charge in [-0.1, -0.05) is 0 Å². The fourth-order valence-electron chi connectivity index (χ4n) is 5.36. The smallest absolute Gasteiger partial charge is 0.249 e.